The summed E-state index contributed by atoms with van der Waals surface area (Å²) in [5.74, 6) is 0.161. The monoisotopic (exact) mass is 416 g/mol. The van der Waals surface area contributed by atoms with Gasteiger partial charge < -0.3 is 9.42 Å². The van der Waals surface area contributed by atoms with E-state index in [9.17, 15) is 13.2 Å². The Morgan fingerprint density at radius 2 is 1.93 bits per heavy atom. The van der Waals surface area contributed by atoms with E-state index in [-0.39, 0.29) is 29.7 Å². The number of nitrogens with one attached hydrogen (secondary N) is 1. The number of aromatic nitrogens is 4. The van der Waals surface area contributed by atoms with Crippen molar-refractivity contribution in [2.45, 2.75) is 44.9 Å². The Bertz CT molecular complexity index is 1130. The van der Waals surface area contributed by atoms with Gasteiger partial charge in [-0.15, -0.1) is 5.10 Å². The van der Waals surface area contributed by atoms with Crippen molar-refractivity contribution in [2.24, 2.45) is 0 Å². The highest BCUT2D eigenvalue weighted by molar-refractivity contribution is 7.89. The molecule has 4 rings (SSSR count). The number of sulfonamides is 1. The first-order chi connectivity index (χ1) is 13.8. The van der Waals surface area contributed by atoms with Crippen molar-refractivity contribution in [3.8, 4) is 0 Å². The molecule has 29 heavy (non-hydrogen) atoms. The second-order valence-corrected chi connectivity index (χ2v) is 8.56. The van der Waals surface area contributed by atoms with Gasteiger partial charge in [0.2, 0.25) is 15.9 Å². The van der Waals surface area contributed by atoms with Crippen LogP contribution >= 0.6 is 0 Å². The Hall–Kier alpha value is -3.05. The fraction of sp³-hybridized carbons (Fsp3) is 0.333. The van der Waals surface area contributed by atoms with Crippen molar-refractivity contribution in [1.29, 1.82) is 0 Å². The maximum Gasteiger partial charge on any atom is 0.246 e. The minimum absolute atomic E-state index is 0.0272. The van der Waals surface area contributed by atoms with Gasteiger partial charge in [0.1, 0.15) is 22.8 Å². The highest BCUT2D eigenvalue weighted by atomic mass is 32.2. The van der Waals surface area contributed by atoms with Crippen LogP contribution in [0.3, 0.4) is 0 Å². The lowest BCUT2D eigenvalue weighted by atomic mass is 10.2. The van der Waals surface area contributed by atoms with Crippen LogP contribution < -0.4 is 4.72 Å². The summed E-state index contributed by atoms with van der Waals surface area (Å²) in [6, 6.07) is 9.67. The second-order valence-electron chi connectivity index (χ2n) is 6.85. The third-order valence-corrected chi connectivity index (χ3v) is 6.42. The van der Waals surface area contributed by atoms with E-state index < -0.39 is 10.0 Å². The Morgan fingerprint density at radius 3 is 2.62 bits per heavy atom. The van der Waals surface area contributed by atoms with Gasteiger partial charge in [0.25, 0.3) is 0 Å². The Labute approximate surface area is 167 Å². The number of fused-ring (bicyclic) bond motifs is 1. The molecule has 11 heteroatoms. The molecule has 0 unspecified atom stereocenters. The quantitative estimate of drug-likeness (QED) is 0.633. The highest BCUT2D eigenvalue weighted by Crippen LogP contribution is 2.21. The summed E-state index contributed by atoms with van der Waals surface area (Å²) in [6.07, 6.45) is 0. The molecule has 1 aliphatic heterocycles. The van der Waals surface area contributed by atoms with Gasteiger partial charge in [-0.1, -0.05) is 40.7 Å². The summed E-state index contributed by atoms with van der Waals surface area (Å²) in [7, 11) is -3.82. The largest absolute Gasteiger partial charge is 0.360 e. The van der Waals surface area contributed by atoms with E-state index in [1.165, 1.54) is 4.68 Å². The van der Waals surface area contributed by atoms with Crippen molar-refractivity contribution in [3.63, 3.8) is 0 Å². The molecule has 2 aromatic heterocycles. The van der Waals surface area contributed by atoms with E-state index in [1.54, 1.807) is 18.7 Å². The van der Waals surface area contributed by atoms with Crippen molar-refractivity contribution in [1.82, 2.24) is 29.8 Å². The van der Waals surface area contributed by atoms with E-state index in [4.69, 9.17) is 4.52 Å². The number of amides is 1. The molecular formula is C18H20N6O4S. The van der Waals surface area contributed by atoms with E-state index in [1.807, 2.05) is 30.3 Å². The molecule has 1 aromatic carbocycles. The van der Waals surface area contributed by atoms with E-state index in [2.05, 4.69) is 20.2 Å². The second kappa shape index (κ2) is 7.41. The number of benzene rings is 1. The first-order valence-corrected chi connectivity index (χ1v) is 10.5. The lowest BCUT2D eigenvalue weighted by Gasteiger charge is -2.27. The Kier molecular flexibility index (Phi) is 4.92. The molecule has 1 N–H and O–H groups in total. The van der Waals surface area contributed by atoms with E-state index in [0.29, 0.717) is 30.2 Å². The van der Waals surface area contributed by atoms with Gasteiger partial charge >= 0.3 is 0 Å². The normalized spacial score (nSPS) is 14.3. The van der Waals surface area contributed by atoms with Crippen LogP contribution in [0.25, 0.3) is 0 Å². The number of aryl methyl sites for hydroxylation is 2. The summed E-state index contributed by atoms with van der Waals surface area (Å²) in [5, 5.41) is 11.8. The zero-order valence-electron chi connectivity index (χ0n) is 16.0. The average molecular weight is 416 g/mol. The van der Waals surface area contributed by atoms with Crippen molar-refractivity contribution < 1.29 is 17.7 Å². The van der Waals surface area contributed by atoms with Gasteiger partial charge in [0.05, 0.1) is 18.8 Å². The lowest BCUT2D eigenvalue weighted by Crippen LogP contribution is -2.39. The van der Waals surface area contributed by atoms with Crippen LogP contribution in [-0.2, 0) is 41.0 Å². The summed E-state index contributed by atoms with van der Waals surface area (Å²) < 4.78 is 34.2. The number of carbonyl (C=O) groups excluding carboxylic acids is 1. The molecule has 0 aliphatic carbocycles. The SMILES string of the molecule is Cc1noc(C)c1S(=O)(=O)NCc1nnn2c1CN(Cc1ccccc1)C(=O)C2. The first kappa shape index (κ1) is 19.3. The molecule has 3 aromatic rings. The fourth-order valence-electron chi connectivity index (χ4n) is 3.34. The molecule has 152 valence electrons. The molecule has 0 fully saturated rings. The Morgan fingerprint density at radius 1 is 1.17 bits per heavy atom. The van der Waals surface area contributed by atoms with Crippen LogP contribution in [0.4, 0.5) is 0 Å². The zero-order chi connectivity index (χ0) is 20.6. The third-order valence-electron chi connectivity index (χ3n) is 4.78. The van der Waals surface area contributed by atoms with Crippen LogP contribution in [0, 0.1) is 13.8 Å². The first-order valence-electron chi connectivity index (χ1n) is 9.00. The van der Waals surface area contributed by atoms with Gasteiger partial charge in [-0.3, -0.25) is 4.79 Å². The highest BCUT2D eigenvalue weighted by Gasteiger charge is 2.29. The molecule has 0 saturated heterocycles. The number of hydrogen-bond acceptors (Lipinski definition) is 7. The van der Waals surface area contributed by atoms with Gasteiger partial charge in [-0.2, -0.15) is 0 Å². The molecule has 0 atom stereocenters. The summed E-state index contributed by atoms with van der Waals surface area (Å²) in [6.45, 7) is 3.92. The van der Waals surface area contributed by atoms with Gasteiger partial charge in [0, 0.05) is 6.54 Å². The van der Waals surface area contributed by atoms with Crippen LogP contribution in [0.15, 0.2) is 39.8 Å². The van der Waals surface area contributed by atoms with Crippen molar-refractivity contribution >= 4 is 15.9 Å². The summed E-state index contributed by atoms with van der Waals surface area (Å²) >= 11 is 0. The average Bonchev–Trinajstić information content (AvgIpc) is 3.24. The smallest absolute Gasteiger partial charge is 0.246 e. The number of hydrogen-bond donors (Lipinski definition) is 1. The Balaban J connectivity index is 1.51. The van der Waals surface area contributed by atoms with Crippen LogP contribution in [0.2, 0.25) is 0 Å². The fourth-order valence-corrected chi connectivity index (χ4v) is 4.66. The molecule has 0 bridgehead atoms. The predicted molar refractivity (Wildman–Crippen MR) is 101 cm³/mol. The molecule has 0 spiro atoms. The van der Waals surface area contributed by atoms with Crippen LogP contribution in [0.5, 0.6) is 0 Å². The molecule has 10 nitrogen and oxygen atoms in total. The third kappa shape index (κ3) is 3.78. The summed E-state index contributed by atoms with van der Waals surface area (Å²) in [4.78, 5) is 14.2. The van der Waals surface area contributed by atoms with Crippen LogP contribution in [-0.4, -0.2) is 39.4 Å². The zero-order valence-corrected chi connectivity index (χ0v) is 16.8. The molecule has 1 aliphatic rings. The number of carbonyl (C=O) groups is 1. The molecule has 3 heterocycles. The van der Waals surface area contributed by atoms with E-state index in [0.717, 1.165) is 5.56 Å². The number of rotatable bonds is 6. The van der Waals surface area contributed by atoms with Crippen molar-refractivity contribution in [2.75, 3.05) is 0 Å². The van der Waals surface area contributed by atoms with Crippen molar-refractivity contribution in [3.05, 3.63) is 58.7 Å². The molecule has 1 amide bonds. The standard InChI is InChI=1S/C18H20N6O4S/c1-12-18(13(2)28-21-12)29(26,27)19-8-15-16-10-23(9-14-6-4-3-5-7-14)17(25)11-24(16)22-20-15/h3-7,19H,8-11H2,1-2H3. The maximum absolute atomic E-state index is 12.6. The molecular weight excluding hydrogens is 396 g/mol. The summed E-state index contributed by atoms with van der Waals surface area (Å²) in [5.41, 5.74) is 2.50. The topological polar surface area (TPSA) is 123 Å². The van der Waals surface area contributed by atoms with Gasteiger partial charge in [0.15, 0.2) is 5.76 Å². The predicted octanol–water partition coefficient (Wildman–Crippen LogP) is 0.904. The lowest BCUT2D eigenvalue weighted by molar-refractivity contribution is -0.135. The van der Waals surface area contributed by atoms with Gasteiger partial charge in [-0.25, -0.2) is 17.8 Å². The minimum Gasteiger partial charge on any atom is -0.360 e. The molecule has 0 saturated carbocycles. The molecule has 0 radical (unpaired) electrons. The van der Waals surface area contributed by atoms with Gasteiger partial charge in [-0.05, 0) is 19.4 Å². The van der Waals surface area contributed by atoms with E-state index >= 15 is 0 Å². The number of nitrogens with zero attached hydrogens (tertiary/aromatic N) is 5. The maximum atomic E-state index is 12.6. The minimum atomic E-state index is -3.82. The van der Waals surface area contributed by atoms with Crippen LogP contribution in [0.1, 0.15) is 28.4 Å².